The molecule has 148 valence electrons. The smallest absolute Gasteiger partial charge is 0.341 e. The molecular formula is C16H16N4O7S. The minimum Gasteiger partial charge on any atom is -0.449 e. The van der Waals surface area contributed by atoms with E-state index < -0.39 is 32.9 Å². The Balaban J connectivity index is 2.12. The number of anilines is 2. The average Bonchev–Trinajstić information content (AvgIpc) is 2.61. The predicted molar refractivity (Wildman–Crippen MR) is 98.8 cm³/mol. The molecule has 28 heavy (non-hydrogen) atoms. The second-order valence-electron chi connectivity index (χ2n) is 5.64. The van der Waals surface area contributed by atoms with Crippen molar-refractivity contribution in [1.82, 2.24) is 0 Å². The van der Waals surface area contributed by atoms with E-state index in [2.05, 4.69) is 5.32 Å². The molecule has 0 radical (unpaired) electrons. The molecule has 0 spiro atoms. The van der Waals surface area contributed by atoms with Gasteiger partial charge in [0.15, 0.2) is 6.10 Å². The number of nitrogens with one attached hydrogen (secondary N) is 1. The van der Waals surface area contributed by atoms with E-state index in [4.69, 9.17) is 15.6 Å². The number of ether oxygens (including phenoxy) is 1. The molecule has 11 nitrogen and oxygen atoms in total. The lowest BCUT2D eigenvalue weighted by Crippen LogP contribution is -2.30. The van der Waals surface area contributed by atoms with Crippen LogP contribution in [0.4, 0.5) is 17.1 Å². The number of primary sulfonamides is 1. The fraction of sp³-hybridized carbons (Fsp3) is 0.125. The number of nitrogen functional groups attached to an aromatic ring is 1. The van der Waals surface area contributed by atoms with Crippen LogP contribution in [0.15, 0.2) is 47.4 Å². The number of hydrogen-bond acceptors (Lipinski definition) is 8. The first-order chi connectivity index (χ1) is 13.0. The zero-order chi connectivity index (χ0) is 21.1. The van der Waals surface area contributed by atoms with Crippen LogP contribution >= 0.6 is 0 Å². The van der Waals surface area contributed by atoms with Gasteiger partial charge >= 0.3 is 5.97 Å². The van der Waals surface area contributed by atoms with E-state index in [-0.39, 0.29) is 27.5 Å². The van der Waals surface area contributed by atoms with Gasteiger partial charge in [0.1, 0.15) is 0 Å². The van der Waals surface area contributed by atoms with Crippen molar-refractivity contribution in [3.05, 3.63) is 58.1 Å². The number of carbonyl (C=O) groups is 2. The molecule has 1 atom stereocenters. The monoisotopic (exact) mass is 408 g/mol. The number of nitro benzene ring substituents is 1. The van der Waals surface area contributed by atoms with E-state index in [9.17, 15) is 28.1 Å². The minimum atomic E-state index is -3.96. The Morgan fingerprint density at radius 1 is 1.21 bits per heavy atom. The van der Waals surface area contributed by atoms with Gasteiger partial charge in [-0.1, -0.05) is 6.07 Å². The molecule has 0 saturated carbocycles. The molecule has 0 aliphatic rings. The average molecular weight is 408 g/mol. The third-order valence-electron chi connectivity index (χ3n) is 3.55. The molecule has 5 N–H and O–H groups in total. The van der Waals surface area contributed by atoms with Crippen LogP contribution in [0.25, 0.3) is 0 Å². The molecule has 2 aromatic rings. The largest absolute Gasteiger partial charge is 0.449 e. The summed E-state index contributed by atoms with van der Waals surface area (Å²) in [5.74, 6) is -1.79. The first-order valence-electron chi connectivity index (χ1n) is 7.67. The number of benzene rings is 2. The number of non-ortho nitro benzene ring substituents is 1. The Morgan fingerprint density at radius 2 is 1.89 bits per heavy atom. The van der Waals surface area contributed by atoms with Gasteiger partial charge in [-0.2, -0.15) is 0 Å². The zero-order valence-electron chi connectivity index (χ0n) is 14.5. The zero-order valence-corrected chi connectivity index (χ0v) is 15.3. The molecule has 0 bridgehead atoms. The van der Waals surface area contributed by atoms with Crippen LogP contribution < -0.4 is 16.2 Å². The van der Waals surface area contributed by atoms with Gasteiger partial charge in [-0.3, -0.25) is 14.9 Å². The maximum atomic E-state index is 12.2. The van der Waals surface area contributed by atoms with Crippen LogP contribution in [0.3, 0.4) is 0 Å². The molecule has 12 heteroatoms. The molecule has 0 saturated heterocycles. The van der Waals surface area contributed by atoms with Crippen molar-refractivity contribution in [2.24, 2.45) is 5.14 Å². The lowest BCUT2D eigenvalue weighted by Gasteiger charge is -2.14. The van der Waals surface area contributed by atoms with Gasteiger partial charge < -0.3 is 15.8 Å². The fourth-order valence-electron chi connectivity index (χ4n) is 2.11. The molecule has 2 rings (SSSR count). The molecule has 1 unspecified atom stereocenters. The van der Waals surface area contributed by atoms with E-state index in [0.717, 1.165) is 18.2 Å². The summed E-state index contributed by atoms with van der Waals surface area (Å²) in [4.78, 5) is 34.3. The van der Waals surface area contributed by atoms with Gasteiger partial charge in [-0.15, -0.1) is 0 Å². The van der Waals surface area contributed by atoms with Crippen LogP contribution in [0, 0.1) is 10.1 Å². The summed E-state index contributed by atoms with van der Waals surface area (Å²) in [6, 6.07) is 8.42. The molecule has 0 fully saturated rings. The SMILES string of the molecule is CC(OC(=O)c1cc([N+](=O)[O-])ccc1N)C(=O)Nc1cccc(S(N)(=O)=O)c1. The molecule has 0 aromatic heterocycles. The highest BCUT2D eigenvalue weighted by Crippen LogP contribution is 2.21. The van der Waals surface area contributed by atoms with Gasteiger partial charge in [0.2, 0.25) is 10.0 Å². The predicted octanol–water partition coefficient (Wildman–Crippen LogP) is 1.01. The summed E-state index contributed by atoms with van der Waals surface area (Å²) in [6.45, 7) is 1.27. The van der Waals surface area contributed by atoms with Crippen molar-refractivity contribution in [2.75, 3.05) is 11.1 Å². The number of esters is 1. The maximum Gasteiger partial charge on any atom is 0.341 e. The second kappa shape index (κ2) is 8.02. The van der Waals surface area contributed by atoms with Crippen LogP contribution in [-0.4, -0.2) is 31.3 Å². The van der Waals surface area contributed by atoms with Gasteiger partial charge in [0, 0.05) is 23.5 Å². The Hall–Kier alpha value is -3.51. The van der Waals surface area contributed by atoms with Crippen LogP contribution in [0.1, 0.15) is 17.3 Å². The summed E-state index contributed by atoms with van der Waals surface area (Å²) in [7, 11) is -3.96. The number of sulfonamides is 1. The van der Waals surface area contributed by atoms with Crippen molar-refractivity contribution in [1.29, 1.82) is 0 Å². The lowest BCUT2D eigenvalue weighted by atomic mass is 10.1. The normalized spacial score (nSPS) is 12.1. The molecule has 1 amide bonds. The first-order valence-corrected chi connectivity index (χ1v) is 9.22. The highest BCUT2D eigenvalue weighted by Gasteiger charge is 2.22. The summed E-state index contributed by atoms with van der Waals surface area (Å²) in [6.07, 6.45) is -1.30. The molecular weight excluding hydrogens is 392 g/mol. The highest BCUT2D eigenvalue weighted by atomic mass is 32.2. The summed E-state index contributed by atoms with van der Waals surface area (Å²) < 4.78 is 27.7. The van der Waals surface area contributed by atoms with Crippen molar-refractivity contribution in [2.45, 2.75) is 17.9 Å². The number of carbonyl (C=O) groups excluding carboxylic acids is 2. The van der Waals surface area contributed by atoms with E-state index in [1.54, 1.807) is 0 Å². The van der Waals surface area contributed by atoms with Crippen molar-refractivity contribution < 1.29 is 27.7 Å². The topological polar surface area (TPSA) is 185 Å². The summed E-state index contributed by atoms with van der Waals surface area (Å²) >= 11 is 0. The first kappa shape index (κ1) is 20.8. The second-order valence-corrected chi connectivity index (χ2v) is 7.20. The van der Waals surface area contributed by atoms with E-state index >= 15 is 0 Å². The number of amides is 1. The summed E-state index contributed by atoms with van der Waals surface area (Å²) in [5, 5.41) is 18.2. The van der Waals surface area contributed by atoms with Gasteiger partial charge in [0.05, 0.1) is 15.4 Å². The Morgan fingerprint density at radius 3 is 2.50 bits per heavy atom. The Kier molecular flexibility index (Phi) is 5.96. The van der Waals surface area contributed by atoms with Gasteiger partial charge in [-0.25, -0.2) is 18.4 Å². The van der Waals surface area contributed by atoms with E-state index in [1.165, 1.54) is 31.2 Å². The number of nitrogens with two attached hydrogens (primary N) is 2. The number of hydrogen-bond donors (Lipinski definition) is 3. The lowest BCUT2D eigenvalue weighted by molar-refractivity contribution is -0.384. The number of rotatable bonds is 6. The van der Waals surface area contributed by atoms with Crippen LogP contribution in [-0.2, 0) is 19.6 Å². The van der Waals surface area contributed by atoms with Crippen LogP contribution in [0.5, 0.6) is 0 Å². The fourth-order valence-corrected chi connectivity index (χ4v) is 2.67. The Bertz CT molecular complexity index is 1050. The molecule has 0 heterocycles. The Labute approximate surface area is 159 Å². The van der Waals surface area contributed by atoms with Crippen molar-refractivity contribution in [3.63, 3.8) is 0 Å². The highest BCUT2D eigenvalue weighted by molar-refractivity contribution is 7.89. The summed E-state index contributed by atoms with van der Waals surface area (Å²) in [5.41, 5.74) is 5.08. The van der Waals surface area contributed by atoms with E-state index in [0.29, 0.717) is 0 Å². The van der Waals surface area contributed by atoms with Crippen molar-refractivity contribution in [3.8, 4) is 0 Å². The maximum absolute atomic E-state index is 12.2. The molecule has 0 aliphatic carbocycles. The standard InChI is InChI=1S/C16H16N4O7S/c1-9(15(21)19-10-3-2-4-12(7-10)28(18,25)26)27-16(22)13-8-11(20(23)24)5-6-14(13)17/h2-9H,17H2,1H3,(H,19,21)(H2,18,25,26). The third-order valence-corrected chi connectivity index (χ3v) is 4.46. The third kappa shape index (κ3) is 5.02. The van der Waals surface area contributed by atoms with E-state index in [1.807, 2.05) is 0 Å². The van der Waals surface area contributed by atoms with Gasteiger partial charge in [-0.05, 0) is 31.2 Å². The van der Waals surface area contributed by atoms with Gasteiger partial charge in [0.25, 0.3) is 11.6 Å². The molecule has 2 aromatic carbocycles. The molecule has 0 aliphatic heterocycles. The number of nitro groups is 1. The van der Waals surface area contributed by atoms with Crippen molar-refractivity contribution >= 4 is 39.0 Å². The number of nitrogens with zero attached hydrogens (tertiary/aromatic N) is 1. The quantitative estimate of drug-likeness (QED) is 0.273. The van der Waals surface area contributed by atoms with Crippen LogP contribution in [0.2, 0.25) is 0 Å². The minimum absolute atomic E-state index is 0.0518.